The fraction of sp³-hybridized carbons (Fsp3) is 0.368. The highest BCUT2D eigenvalue weighted by Gasteiger charge is 1.88. The van der Waals surface area contributed by atoms with Crippen LogP contribution in [-0.4, -0.2) is 0 Å². The topological polar surface area (TPSA) is 0 Å². The molecule has 0 saturated heterocycles. The molecule has 0 aliphatic heterocycles. The first-order valence-corrected chi connectivity index (χ1v) is 7.20. The molecule has 0 unspecified atom stereocenters. The first kappa shape index (κ1) is 15.5. The molecule has 0 atom stereocenters. The number of hydrogen-bond acceptors (Lipinski definition) is 0. The molecule has 0 heterocycles. The molecule has 19 heavy (non-hydrogen) atoms. The Hall–Kier alpha value is -1.56. The van der Waals surface area contributed by atoms with E-state index < -0.39 is 0 Å². The molecule has 0 saturated carbocycles. The summed E-state index contributed by atoms with van der Waals surface area (Å²) in [5, 5.41) is 0. The third-order valence-corrected chi connectivity index (χ3v) is 3.03. The van der Waals surface area contributed by atoms with Crippen LogP contribution in [0.2, 0.25) is 0 Å². The van der Waals surface area contributed by atoms with Crippen LogP contribution in [0.3, 0.4) is 0 Å². The quantitative estimate of drug-likeness (QED) is 0.665. The monoisotopic (exact) mass is 254 g/mol. The Morgan fingerprint density at radius 2 is 1.21 bits per heavy atom. The number of rotatable bonds is 3. The van der Waals surface area contributed by atoms with Crippen molar-refractivity contribution < 1.29 is 0 Å². The second kappa shape index (κ2) is 8.53. The van der Waals surface area contributed by atoms with E-state index in [2.05, 4.69) is 76.2 Å². The maximum absolute atomic E-state index is 2.23. The third-order valence-electron chi connectivity index (χ3n) is 3.03. The Bertz CT molecular complexity index is 418. The van der Waals surface area contributed by atoms with Crippen LogP contribution in [0.15, 0.2) is 48.5 Å². The van der Waals surface area contributed by atoms with Gasteiger partial charge in [0.05, 0.1) is 0 Å². The lowest BCUT2D eigenvalue weighted by molar-refractivity contribution is 0.795. The van der Waals surface area contributed by atoms with Crippen LogP contribution in [0.5, 0.6) is 0 Å². The van der Waals surface area contributed by atoms with Gasteiger partial charge in [0.1, 0.15) is 0 Å². The Morgan fingerprint density at radius 3 is 1.63 bits per heavy atom. The summed E-state index contributed by atoms with van der Waals surface area (Å²) in [4.78, 5) is 0. The van der Waals surface area contributed by atoms with Gasteiger partial charge < -0.3 is 0 Å². The second-order valence-corrected chi connectivity index (χ2v) is 5.25. The molecule has 0 N–H and O–H groups in total. The van der Waals surface area contributed by atoms with E-state index in [1.807, 2.05) is 0 Å². The first-order chi connectivity index (χ1) is 9.11. The smallest absolute Gasteiger partial charge is 0.0279 e. The number of unbranched alkanes of at least 4 members (excludes halogenated alkanes) is 1. The fourth-order valence-corrected chi connectivity index (χ4v) is 2.23. The molecule has 0 amide bonds. The van der Waals surface area contributed by atoms with Crippen LogP contribution in [0, 0.1) is 20.8 Å². The van der Waals surface area contributed by atoms with E-state index >= 15 is 0 Å². The molecule has 0 radical (unpaired) electrons. The van der Waals surface area contributed by atoms with Crippen LogP contribution in [-0.2, 0) is 6.42 Å². The zero-order chi connectivity index (χ0) is 14.1. The predicted octanol–water partition coefficient (Wildman–Crippen LogP) is 5.64. The largest absolute Gasteiger partial charge is 0.0654 e. The minimum atomic E-state index is 1.23. The van der Waals surface area contributed by atoms with Crippen molar-refractivity contribution in [3.05, 3.63) is 70.8 Å². The lowest BCUT2D eigenvalue weighted by Gasteiger charge is -1.96. The number of hydrogen-bond donors (Lipinski definition) is 0. The van der Waals surface area contributed by atoms with E-state index in [0.717, 1.165) is 0 Å². The van der Waals surface area contributed by atoms with E-state index in [1.165, 1.54) is 41.5 Å². The van der Waals surface area contributed by atoms with Crippen molar-refractivity contribution in [2.75, 3.05) is 0 Å². The van der Waals surface area contributed by atoms with Crippen LogP contribution in [0.4, 0.5) is 0 Å². The van der Waals surface area contributed by atoms with Crippen molar-refractivity contribution in [2.45, 2.75) is 47.0 Å². The summed E-state index contributed by atoms with van der Waals surface area (Å²) in [6.45, 7) is 8.60. The van der Waals surface area contributed by atoms with Gasteiger partial charge in [0.15, 0.2) is 0 Å². The Kier molecular flexibility index (Phi) is 6.95. The number of aryl methyl sites for hydroxylation is 4. The highest BCUT2D eigenvalue weighted by Crippen LogP contribution is 2.06. The Labute approximate surface area is 118 Å². The van der Waals surface area contributed by atoms with E-state index in [-0.39, 0.29) is 0 Å². The predicted molar refractivity (Wildman–Crippen MR) is 85.7 cm³/mol. The maximum atomic E-state index is 2.23. The van der Waals surface area contributed by atoms with Crippen LogP contribution in [0.25, 0.3) is 0 Å². The van der Waals surface area contributed by atoms with Crippen molar-refractivity contribution in [2.24, 2.45) is 0 Å². The average molecular weight is 254 g/mol. The molecule has 0 heteroatoms. The minimum Gasteiger partial charge on any atom is -0.0654 e. The molecular formula is C19H26. The summed E-state index contributed by atoms with van der Waals surface area (Å²) in [6, 6.07) is 17.2. The van der Waals surface area contributed by atoms with Crippen molar-refractivity contribution in [1.29, 1.82) is 0 Å². The highest BCUT2D eigenvalue weighted by molar-refractivity contribution is 5.27. The van der Waals surface area contributed by atoms with E-state index in [9.17, 15) is 0 Å². The molecule has 0 aliphatic carbocycles. The molecule has 0 aliphatic rings. The summed E-state index contributed by atoms with van der Waals surface area (Å²) in [5.41, 5.74) is 5.52. The lowest BCUT2D eigenvalue weighted by atomic mass is 10.1. The first-order valence-electron chi connectivity index (χ1n) is 7.20. The Balaban J connectivity index is 0.000000191. The SMILES string of the molecule is CCCCc1ccccc1.Cc1cc(C)cc(C)c1. The standard InChI is InChI=1S/C10H14.C9H12/c1-2-3-7-10-8-5-4-6-9-10;1-7-4-8(2)6-9(3)5-7/h4-6,8-9H,2-3,7H2,1H3;4-6H,1-3H3. The van der Waals surface area contributed by atoms with Gasteiger partial charge in [-0.25, -0.2) is 0 Å². The second-order valence-electron chi connectivity index (χ2n) is 5.25. The van der Waals surface area contributed by atoms with Gasteiger partial charge in [-0.05, 0) is 39.2 Å². The highest BCUT2D eigenvalue weighted by atomic mass is 13.9. The summed E-state index contributed by atoms with van der Waals surface area (Å²) in [5.74, 6) is 0. The van der Waals surface area contributed by atoms with Crippen molar-refractivity contribution in [3.63, 3.8) is 0 Å². The third kappa shape index (κ3) is 6.81. The van der Waals surface area contributed by atoms with Gasteiger partial charge in [0, 0.05) is 0 Å². The van der Waals surface area contributed by atoms with Gasteiger partial charge in [0.2, 0.25) is 0 Å². The molecule has 2 aromatic carbocycles. The molecule has 0 fully saturated rings. The van der Waals surface area contributed by atoms with E-state index in [4.69, 9.17) is 0 Å². The van der Waals surface area contributed by atoms with Gasteiger partial charge in [-0.1, -0.05) is 78.6 Å². The zero-order valence-electron chi connectivity index (χ0n) is 12.7. The fourth-order valence-electron chi connectivity index (χ4n) is 2.23. The van der Waals surface area contributed by atoms with Gasteiger partial charge in [-0.2, -0.15) is 0 Å². The molecule has 2 aromatic rings. The van der Waals surface area contributed by atoms with Crippen molar-refractivity contribution in [1.82, 2.24) is 0 Å². The molecule has 102 valence electrons. The molecule has 0 spiro atoms. The Morgan fingerprint density at radius 1 is 0.737 bits per heavy atom. The summed E-state index contributed by atoms with van der Waals surface area (Å²) in [6.07, 6.45) is 3.83. The zero-order valence-corrected chi connectivity index (χ0v) is 12.7. The molecule has 2 rings (SSSR count). The number of benzene rings is 2. The minimum absolute atomic E-state index is 1.23. The van der Waals surface area contributed by atoms with E-state index in [0.29, 0.717) is 0 Å². The van der Waals surface area contributed by atoms with Crippen molar-refractivity contribution in [3.8, 4) is 0 Å². The summed E-state index contributed by atoms with van der Waals surface area (Å²) < 4.78 is 0. The van der Waals surface area contributed by atoms with Gasteiger partial charge in [-0.15, -0.1) is 0 Å². The van der Waals surface area contributed by atoms with Crippen molar-refractivity contribution >= 4 is 0 Å². The van der Waals surface area contributed by atoms with E-state index in [1.54, 1.807) is 0 Å². The van der Waals surface area contributed by atoms with Gasteiger partial charge in [0.25, 0.3) is 0 Å². The molecule has 0 aromatic heterocycles. The van der Waals surface area contributed by atoms with Gasteiger partial charge >= 0.3 is 0 Å². The van der Waals surface area contributed by atoms with Crippen LogP contribution in [0.1, 0.15) is 42.0 Å². The van der Waals surface area contributed by atoms with Crippen LogP contribution >= 0.6 is 0 Å². The average Bonchev–Trinajstić information content (AvgIpc) is 2.36. The normalized spacial score (nSPS) is 9.68. The lowest BCUT2D eigenvalue weighted by Crippen LogP contribution is -1.81. The van der Waals surface area contributed by atoms with Gasteiger partial charge in [-0.3, -0.25) is 0 Å². The molecule has 0 bridgehead atoms. The van der Waals surface area contributed by atoms with Crippen LogP contribution < -0.4 is 0 Å². The summed E-state index contributed by atoms with van der Waals surface area (Å²) >= 11 is 0. The summed E-state index contributed by atoms with van der Waals surface area (Å²) in [7, 11) is 0. The molecule has 0 nitrogen and oxygen atoms in total. The maximum Gasteiger partial charge on any atom is -0.0279 e. The molecular weight excluding hydrogens is 228 g/mol.